The van der Waals surface area contributed by atoms with Crippen molar-refractivity contribution < 1.29 is 18.1 Å². The number of hydrogen-bond acceptors (Lipinski definition) is 4. The Hall–Kier alpha value is -0.170. The molecule has 0 amide bonds. The Balaban J connectivity index is 0. The van der Waals surface area contributed by atoms with Gasteiger partial charge in [0.05, 0.1) is 11.9 Å². The third-order valence-corrected chi connectivity index (χ3v) is 2.94. The Morgan fingerprint density at radius 3 is 1.50 bits per heavy atom. The summed E-state index contributed by atoms with van der Waals surface area (Å²) in [7, 11) is -3.66. The first-order chi connectivity index (χ1) is 7.02. The highest BCUT2D eigenvalue weighted by atomic mass is 32.2. The van der Waals surface area contributed by atoms with Crippen molar-refractivity contribution in [3.63, 3.8) is 0 Å². The van der Waals surface area contributed by atoms with Crippen molar-refractivity contribution >= 4 is 10.1 Å². The van der Waals surface area contributed by atoms with Crippen molar-refractivity contribution in [2.75, 3.05) is 5.75 Å². The molecule has 0 heterocycles. The maximum absolute atomic E-state index is 9.56. The summed E-state index contributed by atoms with van der Waals surface area (Å²) in [6, 6.07) is -0.0833. The molecule has 0 spiro atoms. The molecule has 0 aromatic rings. The molecule has 0 aromatic carbocycles. The van der Waals surface area contributed by atoms with Crippen LogP contribution in [-0.4, -0.2) is 36.0 Å². The van der Waals surface area contributed by atoms with E-state index in [2.05, 4.69) is 0 Å². The lowest BCUT2D eigenvalue weighted by atomic mass is 9.92. The lowest BCUT2D eigenvalue weighted by Gasteiger charge is -2.24. The monoisotopic (exact) mass is 255 g/mol. The van der Waals surface area contributed by atoms with E-state index in [1.807, 2.05) is 27.7 Å². The summed E-state index contributed by atoms with van der Waals surface area (Å²) in [4.78, 5) is 0. The van der Waals surface area contributed by atoms with Gasteiger partial charge in [0, 0.05) is 6.04 Å². The number of rotatable bonds is 4. The first-order valence-electron chi connectivity index (χ1n) is 5.41. The quantitative estimate of drug-likeness (QED) is 0.647. The molecular formula is C10H25NO4S. The number of hydrogen-bond donors (Lipinski definition) is 3. The van der Waals surface area contributed by atoms with Gasteiger partial charge in [-0.25, -0.2) is 0 Å². The van der Waals surface area contributed by atoms with Crippen molar-refractivity contribution in [2.45, 2.75) is 46.8 Å². The highest BCUT2D eigenvalue weighted by molar-refractivity contribution is 7.85. The number of nitrogens with two attached hydrogens (primary N) is 1. The standard InChI is InChI=1S/C8H19NO.C2H6O3S/c1-5(2)7(9)8(10)6(3)4;1-2-6(3,4)5/h5-8,10H,9H2,1-4H3;2H2,1H3,(H,3,4,5). The minimum atomic E-state index is -3.66. The minimum Gasteiger partial charge on any atom is -0.391 e. The molecule has 0 saturated carbocycles. The largest absolute Gasteiger partial charge is 0.391 e. The van der Waals surface area contributed by atoms with Crippen LogP contribution in [0.3, 0.4) is 0 Å². The molecule has 6 heteroatoms. The van der Waals surface area contributed by atoms with Crippen LogP contribution in [0.1, 0.15) is 34.6 Å². The Morgan fingerprint density at radius 2 is 1.44 bits per heavy atom. The number of aliphatic hydroxyl groups is 1. The van der Waals surface area contributed by atoms with Crippen LogP contribution in [0.2, 0.25) is 0 Å². The van der Waals surface area contributed by atoms with Crippen molar-refractivity contribution in [3.8, 4) is 0 Å². The zero-order chi connectivity index (χ0) is 13.5. The molecule has 0 aliphatic rings. The summed E-state index contributed by atoms with van der Waals surface area (Å²) >= 11 is 0. The summed E-state index contributed by atoms with van der Waals surface area (Å²) in [6.07, 6.45) is -0.361. The van der Waals surface area contributed by atoms with Gasteiger partial charge in [0.1, 0.15) is 0 Å². The van der Waals surface area contributed by atoms with Gasteiger partial charge in [-0.1, -0.05) is 27.7 Å². The first-order valence-corrected chi connectivity index (χ1v) is 7.02. The molecule has 16 heavy (non-hydrogen) atoms. The number of aliphatic hydroxyl groups excluding tert-OH is 1. The summed E-state index contributed by atoms with van der Waals surface area (Å²) < 4.78 is 26.9. The van der Waals surface area contributed by atoms with Crippen molar-refractivity contribution in [1.29, 1.82) is 0 Å². The van der Waals surface area contributed by atoms with Crippen LogP contribution in [0.4, 0.5) is 0 Å². The second-order valence-electron chi connectivity index (χ2n) is 4.43. The predicted octanol–water partition coefficient (Wildman–Crippen LogP) is 0.881. The molecule has 0 aliphatic carbocycles. The van der Waals surface area contributed by atoms with E-state index in [4.69, 9.17) is 10.3 Å². The Bertz CT molecular complexity index is 250. The molecule has 2 unspecified atom stereocenters. The Morgan fingerprint density at radius 1 is 1.12 bits per heavy atom. The average molecular weight is 255 g/mol. The van der Waals surface area contributed by atoms with Crippen LogP contribution in [0.25, 0.3) is 0 Å². The molecule has 4 N–H and O–H groups in total. The summed E-state index contributed by atoms with van der Waals surface area (Å²) in [5.74, 6) is 0.419. The summed E-state index contributed by atoms with van der Waals surface area (Å²) in [5, 5.41) is 9.44. The lowest BCUT2D eigenvalue weighted by Crippen LogP contribution is -2.42. The molecule has 5 nitrogen and oxygen atoms in total. The van der Waals surface area contributed by atoms with E-state index in [0.29, 0.717) is 5.92 Å². The fraction of sp³-hybridized carbons (Fsp3) is 1.00. The van der Waals surface area contributed by atoms with Crippen LogP contribution in [0.5, 0.6) is 0 Å². The van der Waals surface area contributed by atoms with Gasteiger partial charge in [-0.15, -0.1) is 0 Å². The van der Waals surface area contributed by atoms with Crippen LogP contribution < -0.4 is 5.73 Å². The van der Waals surface area contributed by atoms with Gasteiger partial charge >= 0.3 is 0 Å². The SMILES string of the molecule is CC(C)C(N)C(O)C(C)C.CCS(=O)(=O)O. The third-order valence-electron chi connectivity index (χ3n) is 2.21. The molecule has 100 valence electrons. The molecule has 0 fully saturated rings. The summed E-state index contributed by atoms with van der Waals surface area (Å²) in [5.41, 5.74) is 5.71. The average Bonchev–Trinajstić information content (AvgIpc) is 2.15. The van der Waals surface area contributed by atoms with Crippen molar-refractivity contribution in [3.05, 3.63) is 0 Å². The van der Waals surface area contributed by atoms with E-state index < -0.39 is 10.1 Å². The molecule has 0 saturated heterocycles. The van der Waals surface area contributed by atoms with Crippen LogP contribution in [0, 0.1) is 11.8 Å². The topological polar surface area (TPSA) is 101 Å². The normalized spacial score (nSPS) is 15.6. The van der Waals surface area contributed by atoms with E-state index >= 15 is 0 Å². The Kier molecular flexibility index (Phi) is 9.10. The second-order valence-corrected chi connectivity index (χ2v) is 6.17. The summed E-state index contributed by atoms with van der Waals surface area (Å²) in [6.45, 7) is 9.38. The molecule has 0 radical (unpaired) electrons. The highest BCUT2D eigenvalue weighted by Gasteiger charge is 2.20. The molecule has 0 rings (SSSR count). The van der Waals surface area contributed by atoms with Gasteiger partial charge in [-0.05, 0) is 18.8 Å². The second kappa shape index (κ2) is 8.00. The van der Waals surface area contributed by atoms with E-state index in [-0.39, 0.29) is 23.8 Å². The smallest absolute Gasteiger partial charge is 0.264 e. The minimum absolute atomic E-state index is 0.0833. The first kappa shape index (κ1) is 18.2. The van der Waals surface area contributed by atoms with Crippen LogP contribution in [0.15, 0.2) is 0 Å². The maximum Gasteiger partial charge on any atom is 0.264 e. The van der Waals surface area contributed by atoms with Gasteiger partial charge < -0.3 is 10.8 Å². The highest BCUT2D eigenvalue weighted by Crippen LogP contribution is 2.10. The Labute approximate surface area is 98.8 Å². The predicted molar refractivity (Wildman–Crippen MR) is 65.7 cm³/mol. The zero-order valence-electron chi connectivity index (χ0n) is 10.7. The maximum atomic E-state index is 9.56. The van der Waals surface area contributed by atoms with Crippen LogP contribution >= 0.6 is 0 Å². The third kappa shape index (κ3) is 10.4. The van der Waals surface area contributed by atoms with Gasteiger partial charge in [0.25, 0.3) is 10.1 Å². The van der Waals surface area contributed by atoms with E-state index in [9.17, 15) is 13.5 Å². The van der Waals surface area contributed by atoms with Crippen molar-refractivity contribution in [1.82, 2.24) is 0 Å². The zero-order valence-corrected chi connectivity index (χ0v) is 11.5. The van der Waals surface area contributed by atoms with E-state index in [0.717, 1.165) is 0 Å². The molecular weight excluding hydrogens is 230 g/mol. The molecule has 0 aromatic heterocycles. The van der Waals surface area contributed by atoms with Crippen LogP contribution in [-0.2, 0) is 10.1 Å². The van der Waals surface area contributed by atoms with Gasteiger partial charge in [0.15, 0.2) is 0 Å². The molecule has 0 aliphatic heterocycles. The lowest BCUT2D eigenvalue weighted by molar-refractivity contribution is 0.0813. The van der Waals surface area contributed by atoms with E-state index in [1.165, 1.54) is 6.92 Å². The van der Waals surface area contributed by atoms with E-state index in [1.54, 1.807) is 0 Å². The van der Waals surface area contributed by atoms with Gasteiger partial charge in [-0.3, -0.25) is 4.55 Å². The molecule has 2 atom stereocenters. The van der Waals surface area contributed by atoms with Crippen molar-refractivity contribution in [2.24, 2.45) is 17.6 Å². The fourth-order valence-electron chi connectivity index (χ4n) is 0.839. The fourth-order valence-corrected chi connectivity index (χ4v) is 0.839. The molecule has 0 bridgehead atoms. The van der Waals surface area contributed by atoms with Gasteiger partial charge in [0.2, 0.25) is 0 Å². The van der Waals surface area contributed by atoms with Gasteiger partial charge in [-0.2, -0.15) is 8.42 Å².